The lowest BCUT2D eigenvalue weighted by Gasteiger charge is -2.30. The summed E-state index contributed by atoms with van der Waals surface area (Å²) in [6, 6.07) is 0.674. The summed E-state index contributed by atoms with van der Waals surface area (Å²) in [6.45, 7) is 8.78. The average molecular weight is 226 g/mol. The molecule has 0 aromatic rings. The van der Waals surface area contributed by atoms with E-state index >= 15 is 0 Å². The summed E-state index contributed by atoms with van der Waals surface area (Å²) in [5, 5.41) is 3.70. The minimum absolute atomic E-state index is 0.631. The van der Waals surface area contributed by atoms with E-state index in [-0.39, 0.29) is 0 Å². The molecule has 16 heavy (non-hydrogen) atoms. The van der Waals surface area contributed by atoms with Gasteiger partial charge in [0.2, 0.25) is 0 Å². The zero-order valence-electron chi connectivity index (χ0n) is 11.3. The van der Waals surface area contributed by atoms with E-state index in [1.807, 2.05) is 0 Å². The van der Waals surface area contributed by atoms with Crippen molar-refractivity contribution in [2.24, 2.45) is 23.5 Å². The van der Waals surface area contributed by atoms with Crippen molar-refractivity contribution < 1.29 is 0 Å². The predicted octanol–water partition coefficient (Wildman–Crippen LogP) is 2.78. The molecule has 0 aliphatic heterocycles. The van der Waals surface area contributed by atoms with E-state index in [1.165, 1.54) is 32.1 Å². The molecule has 1 aliphatic carbocycles. The molecule has 1 rings (SSSR count). The highest BCUT2D eigenvalue weighted by Crippen LogP contribution is 2.26. The summed E-state index contributed by atoms with van der Waals surface area (Å²) in [4.78, 5) is 0. The fraction of sp³-hybridized carbons (Fsp3) is 1.00. The molecule has 2 heteroatoms. The average Bonchev–Trinajstić information content (AvgIpc) is 2.30. The zero-order chi connectivity index (χ0) is 12.0. The molecule has 1 saturated carbocycles. The van der Waals surface area contributed by atoms with Gasteiger partial charge in [-0.15, -0.1) is 0 Å². The number of hydrogen-bond acceptors (Lipinski definition) is 2. The van der Waals surface area contributed by atoms with Gasteiger partial charge in [0.1, 0.15) is 0 Å². The molecular weight excluding hydrogens is 196 g/mol. The minimum Gasteiger partial charge on any atom is -0.330 e. The van der Waals surface area contributed by atoms with E-state index in [4.69, 9.17) is 5.73 Å². The van der Waals surface area contributed by atoms with Gasteiger partial charge < -0.3 is 11.1 Å². The summed E-state index contributed by atoms with van der Waals surface area (Å²) in [7, 11) is 0. The maximum atomic E-state index is 5.80. The Bertz CT molecular complexity index is 174. The second-order valence-corrected chi connectivity index (χ2v) is 5.83. The van der Waals surface area contributed by atoms with Crippen LogP contribution < -0.4 is 11.1 Å². The molecule has 0 spiro atoms. The van der Waals surface area contributed by atoms with E-state index in [0.29, 0.717) is 17.9 Å². The number of nitrogens with two attached hydrogens (primary N) is 1. The van der Waals surface area contributed by atoms with Crippen LogP contribution in [0.2, 0.25) is 0 Å². The Labute approximate surface area is 101 Å². The molecule has 0 bridgehead atoms. The zero-order valence-corrected chi connectivity index (χ0v) is 11.3. The van der Waals surface area contributed by atoms with Crippen molar-refractivity contribution in [3.05, 3.63) is 0 Å². The van der Waals surface area contributed by atoms with Gasteiger partial charge in [-0.3, -0.25) is 0 Å². The van der Waals surface area contributed by atoms with Crippen molar-refractivity contribution in [1.82, 2.24) is 5.32 Å². The molecule has 0 heterocycles. The molecule has 2 atom stereocenters. The normalized spacial score (nSPS) is 22.3. The molecule has 96 valence electrons. The molecule has 1 unspecified atom stereocenters. The van der Waals surface area contributed by atoms with Crippen molar-refractivity contribution in [3.63, 3.8) is 0 Å². The Hall–Kier alpha value is -0.0800. The smallest absolute Gasteiger partial charge is 0.00671 e. The monoisotopic (exact) mass is 226 g/mol. The molecule has 0 radical (unpaired) electrons. The van der Waals surface area contributed by atoms with Crippen molar-refractivity contribution in [3.8, 4) is 0 Å². The van der Waals surface area contributed by atoms with E-state index in [0.717, 1.165) is 19.0 Å². The third-order valence-corrected chi connectivity index (χ3v) is 4.30. The Morgan fingerprint density at radius 1 is 1.12 bits per heavy atom. The third kappa shape index (κ3) is 4.42. The quantitative estimate of drug-likeness (QED) is 0.731. The van der Waals surface area contributed by atoms with Gasteiger partial charge in [0, 0.05) is 6.04 Å². The van der Waals surface area contributed by atoms with Gasteiger partial charge in [-0.05, 0) is 50.6 Å². The fourth-order valence-corrected chi connectivity index (χ4v) is 2.73. The third-order valence-electron chi connectivity index (χ3n) is 4.30. The number of hydrogen-bond donors (Lipinski definition) is 2. The lowest BCUT2D eigenvalue weighted by molar-refractivity contribution is 0.260. The second-order valence-electron chi connectivity index (χ2n) is 5.83. The molecule has 1 fully saturated rings. The van der Waals surface area contributed by atoms with Gasteiger partial charge in [-0.25, -0.2) is 0 Å². The molecule has 1 aliphatic rings. The highest BCUT2D eigenvalue weighted by molar-refractivity contribution is 4.77. The lowest BCUT2D eigenvalue weighted by atomic mass is 9.84. The van der Waals surface area contributed by atoms with Crippen LogP contribution in [0.3, 0.4) is 0 Å². The number of nitrogens with one attached hydrogen (secondary N) is 1. The van der Waals surface area contributed by atoms with Crippen LogP contribution in [0.25, 0.3) is 0 Å². The summed E-state index contributed by atoms with van der Waals surface area (Å²) in [5.41, 5.74) is 5.80. The summed E-state index contributed by atoms with van der Waals surface area (Å²) in [5.74, 6) is 2.22. The lowest BCUT2D eigenvalue weighted by Crippen LogP contribution is -2.40. The molecule has 0 amide bonds. The molecule has 0 saturated heterocycles. The van der Waals surface area contributed by atoms with Crippen molar-refractivity contribution >= 4 is 0 Å². The van der Waals surface area contributed by atoms with E-state index in [9.17, 15) is 0 Å². The molecule has 0 aromatic carbocycles. The molecule has 3 N–H and O–H groups in total. The first kappa shape index (κ1) is 14.0. The Morgan fingerprint density at radius 2 is 1.75 bits per heavy atom. The minimum atomic E-state index is 0.631. The maximum Gasteiger partial charge on any atom is 0.00671 e. The van der Waals surface area contributed by atoms with Crippen LogP contribution in [0, 0.1) is 17.8 Å². The summed E-state index contributed by atoms with van der Waals surface area (Å²) < 4.78 is 0. The van der Waals surface area contributed by atoms with Crippen LogP contribution >= 0.6 is 0 Å². The fourth-order valence-electron chi connectivity index (χ4n) is 2.73. The van der Waals surface area contributed by atoms with Crippen LogP contribution in [0.1, 0.15) is 52.9 Å². The van der Waals surface area contributed by atoms with Gasteiger partial charge in [0.15, 0.2) is 0 Å². The molecule has 0 aromatic heterocycles. The van der Waals surface area contributed by atoms with Gasteiger partial charge in [0.25, 0.3) is 0 Å². The topological polar surface area (TPSA) is 38.0 Å². The van der Waals surface area contributed by atoms with Crippen molar-refractivity contribution in [1.29, 1.82) is 0 Å². The van der Waals surface area contributed by atoms with Crippen LogP contribution in [-0.2, 0) is 0 Å². The first-order valence-corrected chi connectivity index (χ1v) is 7.08. The van der Waals surface area contributed by atoms with Crippen LogP contribution in [0.5, 0.6) is 0 Å². The number of rotatable bonds is 6. The van der Waals surface area contributed by atoms with Gasteiger partial charge in [-0.2, -0.15) is 0 Å². The van der Waals surface area contributed by atoms with Crippen molar-refractivity contribution in [2.45, 2.75) is 58.9 Å². The Morgan fingerprint density at radius 3 is 2.25 bits per heavy atom. The van der Waals surface area contributed by atoms with Crippen LogP contribution in [0.4, 0.5) is 0 Å². The Kier molecular flexibility index (Phi) is 6.37. The highest BCUT2D eigenvalue weighted by Gasteiger charge is 2.20. The SMILES string of the molecule is CC(C)C(CN)CN[C@H](C)C1CCCCC1. The first-order chi connectivity index (χ1) is 7.65. The van der Waals surface area contributed by atoms with Gasteiger partial charge >= 0.3 is 0 Å². The largest absolute Gasteiger partial charge is 0.330 e. The molecule has 2 nitrogen and oxygen atoms in total. The summed E-state index contributed by atoms with van der Waals surface area (Å²) in [6.07, 6.45) is 7.15. The highest BCUT2D eigenvalue weighted by atomic mass is 14.9. The van der Waals surface area contributed by atoms with Crippen molar-refractivity contribution in [2.75, 3.05) is 13.1 Å². The maximum absolute atomic E-state index is 5.80. The molecular formula is C14H30N2. The van der Waals surface area contributed by atoms with Gasteiger partial charge in [-0.1, -0.05) is 33.1 Å². The van der Waals surface area contributed by atoms with E-state index in [1.54, 1.807) is 0 Å². The summed E-state index contributed by atoms with van der Waals surface area (Å²) >= 11 is 0. The first-order valence-electron chi connectivity index (χ1n) is 7.08. The Balaban J connectivity index is 2.24. The van der Waals surface area contributed by atoms with Crippen LogP contribution in [-0.4, -0.2) is 19.1 Å². The standard InChI is InChI=1S/C14H30N2/c1-11(2)14(9-15)10-16-12(3)13-7-5-4-6-8-13/h11-14,16H,4-10,15H2,1-3H3/t12-,14?/m1/s1. The van der Waals surface area contributed by atoms with Gasteiger partial charge in [0.05, 0.1) is 0 Å². The van der Waals surface area contributed by atoms with E-state index in [2.05, 4.69) is 26.1 Å². The van der Waals surface area contributed by atoms with Crippen LogP contribution in [0.15, 0.2) is 0 Å². The second kappa shape index (κ2) is 7.29. The predicted molar refractivity (Wildman–Crippen MR) is 71.4 cm³/mol. The van der Waals surface area contributed by atoms with E-state index < -0.39 is 0 Å².